The Hall–Kier alpha value is -1.26. The summed E-state index contributed by atoms with van der Waals surface area (Å²) in [5.41, 5.74) is -0.493. The summed E-state index contributed by atoms with van der Waals surface area (Å²) in [6.07, 6.45) is 0.452. The van der Waals surface area contributed by atoms with Crippen LogP contribution in [0.3, 0.4) is 0 Å². The Balaban J connectivity index is 4.20. The normalized spacial score (nSPS) is 12.4. The smallest absolute Gasteiger partial charge is 0.315 e. The number of carboxylic acid groups (broad SMARTS) is 1. The van der Waals surface area contributed by atoms with Gasteiger partial charge in [0.1, 0.15) is 0 Å². The second kappa shape index (κ2) is 6.78. The summed E-state index contributed by atoms with van der Waals surface area (Å²) in [4.78, 5) is 22.3. The molecule has 0 aromatic rings. The van der Waals surface area contributed by atoms with Crippen molar-refractivity contribution in [3.63, 3.8) is 0 Å². The molecule has 0 unspecified atom stereocenters. The number of hydrogen-bond acceptors (Lipinski definition) is 2. The van der Waals surface area contributed by atoms with E-state index in [4.69, 9.17) is 5.11 Å². The molecule has 0 aliphatic heterocycles. The predicted molar refractivity (Wildman–Crippen MR) is 76.1 cm³/mol. The number of aliphatic carboxylic acids is 1. The van der Waals surface area contributed by atoms with Crippen LogP contribution in [-0.4, -0.2) is 29.2 Å². The zero-order chi connectivity index (χ0) is 15.3. The van der Waals surface area contributed by atoms with E-state index in [9.17, 15) is 9.59 Å². The zero-order valence-corrected chi connectivity index (χ0v) is 13.0. The van der Waals surface area contributed by atoms with E-state index in [0.717, 1.165) is 0 Å². The summed E-state index contributed by atoms with van der Waals surface area (Å²) in [5.74, 6) is -0.385. The maximum atomic E-state index is 11.8. The number of urea groups is 1. The molecule has 5 heteroatoms. The van der Waals surface area contributed by atoms with Gasteiger partial charge in [-0.15, -0.1) is 0 Å². The predicted octanol–water partition coefficient (Wildman–Crippen LogP) is 2.61. The molecule has 0 aliphatic rings. The van der Waals surface area contributed by atoms with Crippen molar-refractivity contribution in [3.8, 4) is 0 Å². The molecule has 0 heterocycles. The van der Waals surface area contributed by atoms with Gasteiger partial charge in [0.05, 0.1) is 0 Å². The fourth-order valence-electron chi connectivity index (χ4n) is 1.35. The molecule has 0 saturated carbocycles. The van der Waals surface area contributed by atoms with Crippen LogP contribution in [0, 0.1) is 11.3 Å². The fourth-order valence-corrected chi connectivity index (χ4v) is 1.35. The van der Waals surface area contributed by atoms with E-state index in [1.807, 2.05) is 13.8 Å². The minimum Gasteiger partial charge on any atom is -0.481 e. The Labute approximate surface area is 116 Å². The molecule has 5 nitrogen and oxygen atoms in total. The molecule has 19 heavy (non-hydrogen) atoms. The first-order valence-electron chi connectivity index (χ1n) is 6.74. The van der Waals surface area contributed by atoms with E-state index >= 15 is 0 Å². The van der Waals surface area contributed by atoms with Gasteiger partial charge in [0, 0.05) is 18.5 Å². The van der Waals surface area contributed by atoms with Crippen molar-refractivity contribution in [3.05, 3.63) is 0 Å². The molecule has 0 spiro atoms. The Morgan fingerprint density at radius 1 is 1.16 bits per heavy atom. The van der Waals surface area contributed by atoms with Crippen LogP contribution in [-0.2, 0) is 4.79 Å². The third-order valence-corrected chi connectivity index (χ3v) is 3.68. The van der Waals surface area contributed by atoms with Crippen molar-refractivity contribution >= 4 is 12.0 Å². The van der Waals surface area contributed by atoms with Gasteiger partial charge in [-0.1, -0.05) is 27.7 Å². The molecule has 0 aliphatic carbocycles. The van der Waals surface area contributed by atoms with Crippen molar-refractivity contribution in [2.75, 3.05) is 6.54 Å². The van der Waals surface area contributed by atoms with Gasteiger partial charge in [-0.05, 0) is 31.6 Å². The number of nitrogens with one attached hydrogen (secondary N) is 2. The van der Waals surface area contributed by atoms with E-state index in [1.54, 1.807) is 0 Å². The molecular weight excluding hydrogens is 244 g/mol. The fraction of sp³-hybridized carbons (Fsp3) is 0.857. The minimum absolute atomic E-state index is 0.0303. The average Bonchev–Trinajstić information content (AvgIpc) is 2.23. The van der Waals surface area contributed by atoms with E-state index in [0.29, 0.717) is 18.9 Å². The molecule has 3 N–H and O–H groups in total. The van der Waals surface area contributed by atoms with Crippen molar-refractivity contribution in [1.82, 2.24) is 10.6 Å². The molecule has 0 bridgehead atoms. The lowest BCUT2D eigenvalue weighted by Gasteiger charge is -2.31. The summed E-state index contributed by atoms with van der Waals surface area (Å²) in [7, 11) is 0. The van der Waals surface area contributed by atoms with E-state index in [-0.39, 0.29) is 17.9 Å². The molecule has 0 aromatic heterocycles. The Morgan fingerprint density at radius 3 is 2.11 bits per heavy atom. The summed E-state index contributed by atoms with van der Waals surface area (Å²) in [5, 5.41) is 14.3. The van der Waals surface area contributed by atoms with Gasteiger partial charge in [0.2, 0.25) is 0 Å². The number of rotatable bonds is 7. The van der Waals surface area contributed by atoms with Crippen LogP contribution in [0.4, 0.5) is 4.79 Å². The second-order valence-electron chi connectivity index (χ2n) is 6.73. The lowest BCUT2D eigenvalue weighted by Crippen LogP contribution is -2.50. The molecule has 0 saturated heterocycles. The maximum Gasteiger partial charge on any atom is 0.315 e. The quantitative estimate of drug-likeness (QED) is 0.666. The largest absolute Gasteiger partial charge is 0.481 e. The summed E-state index contributed by atoms with van der Waals surface area (Å²) in [6.45, 7) is 12.7. The van der Waals surface area contributed by atoms with Gasteiger partial charge >= 0.3 is 12.0 Å². The highest BCUT2D eigenvalue weighted by atomic mass is 16.4. The molecule has 2 amide bonds. The molecule has 0 radical (unpaired) electrons. The number of carboxylic acids is 1. The van der Waals surface area contributed by atoms with E-state index in [2.05, 4.69) is 38.3 Å². The monoisotopic (exact) mass is 272 g/mol. The molecule has 0 fully saturated rings. The van der Waals surface area contributed by atoms with Crippen molar-refractivity contribution in [2.45, 2.75) is 59.9 Å². The van der Waals surface area contributed by atoms with E-state index in [1.165, 1.54) is 0 Å². The van der Waals surface area contributed by atoms with Crippen LogP contribution in [0.25, 0.3) is 0 Å². The number of hydrogen-bond donors (Lipinski definition) is 3. The van der Waals surface area contributed by atoms with Crippen molar-refractivity contribution in [2.24, 2.45) is 11.3 Å². The average molecular weight is 272 g/mol. The lowest BCUT2D eigenvalue weighted by atomic mass is 9.81. The summed E-state index contributed by atoms with van der Waals surface area (Å²) < 4.78 is 0. The van der Waals surface area contributed by atoms with Crippen LogP contribution in [0.1, 0.15) is 54.4 Å². The van der Waals surface area contributed by atoms with Gasteiger partial charge in [-0.25, -0.2) is 4.79 Å². The van der Waals surface area contributed by atoms with Gasteiger partial charge in [0.25, 0.3) is 0 Å². The van der Waals surface area contributed by atoms with Gasteiger partial charge < -0.3 is 15.7 Å². The highest BCUT2D eigenvalue weighted by Gasteiger charge is 2.25. The summed E-state index contributed by atoms with van der Waals surface area (Å²) >= 11 is 0. The Morgan fingerprint density at radius 2 is 1.68 bits per heavy atom. The minimum atomic E-state index is -0.851. The SMILES string of the molecule is CC(C)C(C)(C)CNC(=O)NC(C)(C)CCC(=O)O. The lowest BCUT2D eigenvalue weighted by molar-refractivity contribution is -0.137. The van der Waals surface area contributed by atoms with Gasteiger partial charge in [-0.2, -0.15) is 0 Å². The topological polar surface area (TPSA) is 78.4 Å². The van der Waals surface area contributed by atoms with Crippen LogP contribution < -0.4 is 10.6 Å². The maximum absolute atomic E-state index is 11.8. The van der Waals surface area contributed by atoms with Crippen LogP contribution in [0.15, 0.2) is 0 Å². The van der Waals surface area contributed by atoms with Crippen LogP contribution >= 0.6 is 0 Å². The third kappa shape index (κ3) is 7.70. The Bertz CT molecular complexity index is 323. The number of amides is 2. The first kappa shape index (κ1) is 17.7. The first-order valence-corrected chi connectivity index (χ1v) is 6.74. The third-order valence-electron chi connectivity index (χ3n) is 3.68. The second-order valence-corrected chi connectivity index (χ2v) is 6.73. The standard InChI is InChI=1S/C14H28N2O3/c1-10(2)13(3,4)9-15-12(19)16-14(5,6)8-7-11(17)18/h10H,7-9H2,1-6H3,(H,17,18)(H2,15,16,19). The highest BCUT2D eigenvalue weighted by Crippen LogP contribution is 2.24. The molecule has 0 atom stereocenters. The molecule has 112 valence electrons. The van der Waals surface area contributed by atoms with Gasteiger partial charge in [0.15, 0.2) is 0 Å². The van der Waals surface area contributed by atoms with Gasteiger partial charge in [-0.3, -0.25) is 4.79 Å². The van der Waals surface area contributed by atoms with Crippen molar-refractivity contribution in [1.29, 1.82) is 0 Å². The van der Waals surface area contributed by atoms with Crippen LogP contribution in [0.2, 0.25) is 0 Å². The number of carbonyl (C=O) groups excluding carboxylic acids is 1. The summed E-state index contributed by atoms with van der Waals surface area (Å²) in [6, 6.07) is -0.246. The molecule has 0 aromatic carbocycles. The Kier molecular flexibility index (Phi) is 6.33. The molecule has 0 rings (SSSR count). The first-order chi connectivity index (χ1) is 8.46. The molecular formula is C14H28N2O3. The number of carbonyl (C=O) groups is 2. The highest BCUT2D eigenvalue weighted by molar-refractivity contribution is 5.75. The zero-order valence-electron chi connectivity index (χ0n) is 13.0. The van der Waals surface area contributed by atoms with Crippen molar-refractivity contribution < 1.29 is 14.7 Å². The van der Waals surface area contributed by atoms with E-state index < -0.39 is 11.5 Å². The van der Waals surface area contributed by atoms with Crippen LogP contribution in [0.5, 0.6) is 0 Å².